The van der Waals surface area contributed by atoms with Gasteiger partial charge in [0, 0.05) is 24.7 Å². The predicted octanol–water partition coefficient (Wildman–Crippen LogP) is 3.10. The van der Waals surface area contributed by atoms with Gasteiger partial charge in [0.15, 0.2) is 0 Å². The van der Waals surface area contributed by atoms with E-state index >= 15 is 0 Å². The van der Waals surface area contributed by atoms with Crippen LogP contribution in [0.25, 0.3) is 0 Å². The maximum Gasteiger partial charge on any atom is 0.221 e. The predicted molar refractivity (Wildman–Crippen MR) is 76.1 cm³/mol. The van der Waals surface area contributed by atoms with E-state index < -0.39 is 5.82 Å². The van der Waals surface area contributed by atoms with E-state index in [1.54, 1.807) is 24.3 Å². The highest BCUT2D eigenvalue weighted by molar-refractivity contribution is 5.89. The lowest BCUT2D eigenvalue weighted by Crippen LogP contribution is -2.08. The normalized spacial score (nSPS) is 10.1. The molecule has 0 aliphatic heterocycles. The number of hydrogen-bond acceptors (Lipinski definition) is 3. The summed E-state index contributed by atoms with van der Waals surface area (Å²) in [4.78, 5) is 11.0. The molecule has 0 aromatic heterocycles. The topological polar surface area (TPSA) is 61.4 Å². The molecule has 2 aromatic rings. The summed E-state index contributed by atoms with van der Waals surface area (Å²) in [5.74, 6) is -0.626. The number of carbonyl (C=O) groups is 1. The van der Waals surface area contributed by atoms with Gasteiger partial charge in [-0.25, -0.2) is 4.39 Å². The number of halogens is 1. The zero-order chi connectivity index (χ0) is 14.5. The zero-order valence-electron chi connectivity index (χ0n) is 11.0. The smallest absolute Gasteiger partial charge is 0.221 e. The molecular weight excluding hydrogens is 259 g/mol. The van der Waals surface area contributed by atoms with Crippen LogP contribution in [0.3, 0.4) is 0 Å². The first kappa shape index (κ1) is 13.9. The number of phenols is 1. The Kier molecular flexibility index (Phi) is 4.20. The first-order valence-corrected chi connectivity index (χ1v) is 6.14. The molecule has 104 valence electrons. The van der Waals surface area contributed by atoms with Crippen molar-refractivity contribution >= 4 is 17.3 Å². The number of aromatic hydroxyl groups is 1. The molecule has 0 saturated heterocycles. The molecule has 0 atom stereocenters. The van der Waals surface area contributed by atoms with Crippen LogP contribution in [0.1, 0.15) is 12.5 Å². The summed E-state index contributed by atoms with van der Waals surface area (Å²) in [6.45, 7) is 1.72. The molecule has 5 heteroatoms. The third-order valence-corrected chi connectivity index (χ3v) is 2.75. The standard InChI is InChI=1S/C15H15FN2O2/c1-10(19)18-14-8-12(6-7-13(14)16)17-9-11-4-2-3-5-15(11)20/h2-8,17,20H,9H2,1H3,(H,18,19). The van der Waals surface area contributed by atoms with E-state index in [9.17, 15) is 14.3 Å². The van der Waals surface area contributed by atoms with Gasteiger partial charge in [0.05, 0.1) is 5.69 Å². The third kappa shape index (κ3) is 3.47. The Morgan fingerprint density at radius 1 is 1.25 bits per heavy atom. The van der Waals surface area contributed by atoms with Crippen LogP contribution in [0.5, 0.6) is 5.75 Å². The van der Waals surface area contributed by atoms with Gasteiger partial charge in [-0.2, -0.15) is 0 Å². The Morgan fingerprint density at radius 2 is 2.00 bits per heavy atom. The number of phenolic OH excluding ortho intramolecular Hbond substituents is 1. The van der Waals surface area contributed by atoms with Crippen molar-refractivity contribution in [2.75, 3.05) is 10.6 Å². The van der Waals surface area contributed by atoms with E-state index in [1.807, 2.05) is 6.07 Å². The lowest BCUT2D eigenvalue weighted by atomic mass is 10.2. The van der Waals surface area contributed by atoms with Crippen LogP contribution in [0.2, 0.25) is 0 Å². The molecule has 4 nitrogen and oxygen atoms in total. The van der Waals surface area contributed by atoms with Gasteiger partial charge < -0.3 is 15.7 Å². The summed E-state index contributed by atoms with van der Waals surface area (Å²) in [6, 6.07) is 11.3. The van der Waals surface area contributed by atoms with Crippen LogP contribution in [0.4, 0.5) is 15.8 Å². The average Bonchev–Trinajstić information content (AvgIpc) is 2.40. The van der Waals surface area contributed by atoms with E-state index in [2.05, 4.69) is 10.6 Å². The number of hydrogen-bond donors (Lipinski definition) is 3. The van der Waals surface area contributed by atoms with Crippen LogP contribution in [-0.2, 0) is 11.3 Å². The van der Waals surface area contributed by atoms with Crippen LogP contribution < -0.4 is 10.6 Å². The number of nitrogens with one attached hydrogen (secondary N) is 2. The molecule has 0 spiro atoms. The third-order valence-electron chi connectivity index (χ3n) is 2.75. The van der Waals surface area contributed by atoms with Gasteiger partial charge in [0.2, 0.25) is 5.91 Å². The molecule has 2 rings (SSSR count). The summed E-state index contributed by atoms with van der Waals surface area (Å²) in [5, 5.41) is 15.1. The Morgan fingerprint density at radius 3 is 2.70 bits per heavy atom. The Balaban J connectivity index is 2.10. The Labute approximate surface area is 116 Å². The highest BCUT2D eigenvalue weighted by Crippen LogP contribution is 2.22. The van der Waals surface area contributed by atoms with Crippen molar-refractivity contribution in [3.63, 3.8) is 0 Å². The maximum atomic E-state index is 13.5. The quantitative estimate of drug-likeness (QED) is 0.802. The SMILES string of the molecule is CC(=O)Nc1cc(NCc2ccccc2O)ccc1F. The highest BCUT2D eigenvalue weighted by Gasteiger charge is 2.06. The molecule has 1 amide bonds. The molecular formula is C15H15FN2O2. The van der Waals surface area contributed by atoms with E-state index in [0.29, 0.717) is 12.2 Å². The molecule has 0 saturated carbocycles. The summed E-state index contributed by atoms with van der Waals surface area (Å²) in [6.07, 6.45) is 0. The monoisotopic (exact) mass is 274 g/mol. The number of anilines is 2. The first-order chi connectivity index (χ1) is 9.56. The van der Waals surface area contributed by atoms with Gasteiger partial charge in [0.25, 0.3) is 0 Å². The molecule has 0 radical (unpaired) electrons. The minimum absolute atomic E-state index is 0.125. The molecule has 0 unspecified atom stereocenters. The lowest BCUT2D eigenvalue weighted by molar-refractivity contribution is -0.114. The highest BCUT2D eigenvalue weighted by atomic mass is 19.1. The number of para-hydroxylation sites is 1. The molecule has 20 heavy (non-hydrogen) atoms. The van der Waals surface area contributed by atoms with Crippen molar-refractivity contribution in [1.82, 2.24) is 0 Å². The fourth-order valence-electron chi connectivity index (χ4n) is 1.78. The summed E-state index contributed by atoms with van der Waals surface area (Å²) >= 11 is 0. The lowest BCUT2D eigenvalue weighted by Gasteiger charge is -2.10. The van der Waals surface area contributed by atoms with Gasteiger partial charge >= 0.3 is 0 Å². The second kappa shape index (κ2) is 6.06. The molecule has 0 fully saturated rings. The summed E-state index contributed by atoms with van der Waals surface area (Å²) in [7, 11) is 0. The summed E-state index contributed by atoms with van der Waals surface area (Å²) in [5.41, 5.74) is 1.51. The maximum absolute atomic E-state index is 13.5. The van der Waals surface area contributed by atoms with E-state index in [4.69, 9.17) is 0 Å². The van der Waals surface area contributed by atoms with E-state index in [0.717, 1.165) is 5.56 Å². The summed E-state index contributed by atoms with van der Waals surface area (Å²) < 4.78 is 13.5. The first-order valence-electron chi connectivity index (χ1n) is 6.14. The number of benzene rings is 2. The van der Waals surface area contributed by atoms with Crippen LogP contribution >= 0.6 is 0 Å². The van der Waals surface area contributed by atoms with Crippen molar-refractivity contribution in [2.24, 2.45) is 0 Å². The number of amides is 1. The van der Waals surface area contributed by atoms with Crippen molar-refractivity contribution in [2.45, 2.75) is 13.5 Å². The van der Waals surface area contributed by atoms with Gasteiger partial charge in [-0.3, -0.25) is 4.79 Å². The largest absolute Gasteiger partial charge is 0.508 e. The molecule has 2 aromatic carbocycles. The second-order valence-electron chi connectivity index (χ2n) is 4.36. The molecule has 0 bridgehead atoms. The van der Waals surface area contributed by atoms with E-state index in [1.165, 1.54) is 19.1 Å². The fraction of sp³-hybridized carbons (Fsp3) is 0.133. The second-order valence-corrected chi connectivity index (χ2v) is 4.36. The zero-order valence-corrected chi connectivity index (χ0v) is 11.0. The number of carbonyl (C=O) groups excluding carboxylic acids is 1. The van der Waals surface area contributed by atoms with Crippen LogP contribution in [0, 0.1) is 5.82 Å². The van der Waals surface area contributed by atoms with Gasteiger partial charge in [-0.1, -0.05) is 18.2 Å². The fourth-order valence-corrected chi connectivity index (χ4v) is 1.78. The van der Waals surface area contributed by atoms with Crippen molar-refractivity contribution in [3.05, 3.63) is 53.8 Å². The van der Waals surface area contributed by atoms with Gasteiger partial charge in [0.1, 0.15) is 11.6 Å². The van der Waals surface area contributed by atoms with E-state index in [-0.39, 0.29) is 17.3 Å². The van der Waals surface area contributed by atoms with Crippen LogP contribution in [-0.4, -0.2) is 11.0 Å². The van der Waals surface area contributed by atoms with Crippen LogP contribution in [0.15, 0.2) is 42.5 Å². The average molecular weight is 274 g/mol. The molecule has 0 heterocycles. The van der Waals surface area contributed by atoms with Gasteiger partial charge in [-0.15, -0.1) is 0 Å². The molecule has 3 N–H and O–H groups in total. The molecule has 0 aliphatic rings. The van der Waals surface area contributed by atoms with Crippen molar-refractivity contribution < 1.29 is 14.3 Å². The Hall–Kier alpha value is -2.56. The Bertz CT molecular complexity index is 629. The van der Waals surface area contributed by atoms with Crippen molar-refractivity contribution in [1.29, 1.82) is 0 Å². The van der Waals surface area contributed by atoms with Gasteiger partial charge in [-0.05, 0) is 24.3 Å². The number of rotatable bonds is 4. The minimum atomic E-state index is -0.492. The van der Waals surface area contributed by atoms with Crippen molar-refractivity contribution in [3.8, 4) is 5.75 Å². The molecule has 0 aliphatic carbocycles. The minimum Gasteiger partial charge on any atom is -0.508 e.